The van der Waals surface area contributed by atoms with Crippen molar-refractivity contribution in [2.75, 3.05) is 40.3 Å². The first-order valence-electron chi connectivity index (χ1n) is 7.86. The van der Waals surface area contributed by atoms with Crippen LogP contribution in [0.2, 0.25) is 0 Å². The predicted octanol–water partition coefficient (Wildman–Crippen LogP) is 2.20. The number of alkyl carbamates (subject to hydrolysis) is 1. The van der Waals surface area contributed by atoms with E-state index in [9.17, 15) is 18.4 Å². The Morgan fingerprint density at radius 2 is 1.78 bits per heavy atom. The largest absolute Gasteiger partial charge is 0.463 e. The summed E-state index contributed by atoms with van der Waals surface area (Å²) in [5, 5.41) is 2.15. The molecule has 0 unspecified atom stereocenters. The first kappa shape index (κ1) is 22.3. The van der Waals surface area contributed by atoms with Crippen LogP contribution >= 0.6 is 0 Å². The van der Waals surface area contributed by atoms with Gasteiger partial charge in [0.25, 0.3) is 0 Å². The van der Waals surface area contributed by atoms with Gasteiger partial charge in [-0.15, -0.1) is 0 Å². The van der Waals surface area contributed by atoms with Crippen LogP contribution in [0.25, 0.3) is 0 Å². The molecule has 1 rings (SSSR count). The minimum atomic E-state index is -2.15. The molecule has 0 aliphatic carbocycles. The summed E-state index contributed by atoms with van der Waals surface area (Å²) < 4.78 is 49.1. The van der Waals surface area contributed by atoms with E-state index in [2.05, 4.69) is 14.8 Å². The maximum atomic E-state index is 12.7. The van der Waals surface area contributed by atoms with Gasteiger partial charge in [0.15, 0.2) is 13.4 Å². The molecule has 150 valence electrons. The number of amides is 1. The van der Waals surface area contributed by atoms with Crippen LogP contribution in [0.15, 0.2) is 42.2 Å². The van der Waals surface area contributed by atoms with Crippen molar-refractivity contribution in [1.82, 2.24) is 5.32 Å². The van der Waals surface area contributed by atoms with E-state index >= 15 is 0 Å². The SMILES string of the molecule is COCCOCOC(COC(=O)CNC(=O)OCc1ccccc1)=C(F)F. The number of methoxy groups -OCH3 is 1. The second-order valence-corrected chi connectivity index (χ2v) is 4.92. The molecular weight excluding hydrogens is 368 g/mol. The van der Waals surface area contributed by atoms with E-state index in [1.54, 1.807) is 24.3 Å². The summed E-state index contributed by atoms with van der Waals surface area (Å²) in [6, 6.07) is 8.92. The molecule has 8 nitrogen and oxygen atoms in total. The Morgan fingerprint density at radius 3 is 2.44 bits per heavy atom. The second-order valence-electron chi connectivity index (χ2n) is 4.92. The number of carbonyl (C=O) groups is 2. The second kappa shape index (κ2) is 13.5. The molecule has 0 spiro atoms. The third-order valence-corrected chi connectivity index (χ3v) is 2.91. The van der Waals surface area contributed by atoms with Crippen molar-refractivity contribution in [3.63, 3.8) is 0 Å². The summed E-state index contributed by atoms with van der Waals surface area (Å²) in [6.07, 6.45) is -2.99. The third-order valence-electron chi connectivity index (χ3n) is 2.91. The number of ether oxygens (including phenoxy) is 5. The molecule has 1 amide bonds. The number of rotatable bonds is 12. The van der Waals surface area contributed by atoms with E-state index < -0.39 is 43.8 Å². The lowest BCUT2D eigenvalue weighted by atomic mass is 10.2. The fourth-order valence-corrected chi connectivity index (χ4v) is 1.58. The summed E-state index contributed by atoms with van der Waals surface area (Å²) in [5.74, 6) is -1.78. The molecule has 0 heterocycles. The number of esters is 1. The minimum absolute atomic E-state index is 0.0264. The maximum Gasteiger partial charge on any atom is 0.407 e. The van der Waals surface area contributed by atoms with Gasteiger partial charge in [-0.3, -0.25) is 4.79 Å². The van der Waals surface area contributed by atoms with Gasteiger partial charge in [-0.25, -0.2) is 4.79 Å². The molecule has 0 aromatic heterocycles. The topological polar surface area (TPSA) is 92.3 Å². The molecule has 0 aliphatic heterocycles. The van der Waals surface area contributed by atoms with Crippen molar-refractivity contribution >= 4 is 12.1 Å². The van der Waals surface area contributed by atoms with Crippen molar-refractivity contribution < 1.29 is 42.1 Å². The Bertz CT molecular complexity index is 607. The quantitative estimate of drug-likeness (QED) is 0.254. The van der Waals surface area contributed by atoms with Crippen LogP contribution in [0.5, 0.6) is 0 Å². The highest BCUT2D eigenvalue weighted by Gasteiger charge is 2.13. The molecule has 10 heteroatoms. The lowest BCUT2D eigenvalue weighted by Crippen LogP contribution is -2.31. The average Bonchev–Trinajstić information content (AvgIpc) is 2.67. The normalized spacial score (nSPS) is 10.0. The van der Waals surface area contributed by atoms with E-state index in [1.165, 1.54) is 7.11 Å². The Kier molecular flexibility index (Phi) is 11.1. The lowest BCUT2D eigenvalue weighted by Gasteiger charge is -2.11. The van der Waals surface area contributed by atoms with Gasteiger partial charge >= 0.3 is 18.1 Å². The molecule has 0 atom stereocenters. The Morgan fingerprint density at radius 1 is 1.04 bits per heavy atom. The lowest BCUT2D eigenvalue weighted by molar-refractivity contribution is -0.143. The van der Waals surface area contributed by atoms with Crippen LogP contribution in [0.1, 0.15) is 5.56 Å². The van der Waals surface area contributed by atoms with Crippen LogP contribution in [0.3, 0.4) is 0 Å². The average molecular weight is 389 g/mol. The van der Waals surface area contributed by atoms with Gasteiger partial charge in [-0.05, 0) is 5.56 Å². The number of nitrogens with one attached hydrogen (secondary N) is 1. The molecule has 27 heavy (non-hydrogen) atoms. The van der Waals surface area contributed by atoms with Crippen molar-refractivity contribution in [3.05, 3.63) is 47.7 Å². The zero-order chi connectivity index (χ0) is 19.9. The molecule has 1 aromatic rings. The Labute approximate surface area is 155 Å². The number of halogens is 2. The summed E-state index contributed by atoms with van der Waals surface area (Å²) in [6.45, 7) is -1.32. The van der Waals surface area contributed by atoms with E-state index in [0.717, 1.165) is 5.56 Å². The number of hydrogen-bond donors (Lipinski definition) is 1. The van der Waals surface area contributed by atoms with E-state index in [1.807, 2.05) is 6.07 Å². The first-order valence-corrected chi connectivity index (χ1v) is 7.86. The molecule has 0 fully saturated rings. The fraction of sp³-hybridized carbons (Fsp3) is 0.412. The highest BCUT2D eigenvalue weighted by molar-refractivity contribution is 5.77. The van der Waals surface area contributed by atoms with Gasteiger partial charge in [0.05, 0.1) is 13.2 Å². The molecule has 0 aliphatic rings. The van der Waals surface area contributed by atoms with Crippen LogP contribution in [-0.4, -0.2) is 52.3 Å². The van der Waals surface area contributed by atoms with E-state index in [-0.39, 0.29) is 19.8 Å². The summed E-state index contributed by atoms with van der Waals surface area (Å²) >= 11 is 0. The fourth-order valence-electron chi connectivity index (χ4n) is 1.58. The highest BCUT2D eigenvalue weighted by Crippen LogP contribution is 2.10. The van der Waals surface area contributed by atoms with Gasteiger partial charge in [-0.2, -0.15) is 8.78 Å². The zero-order valence-corrected chi connectivity index (χ0v) is 14.7. The Balaban J connectivity index is 2.22. The van der Waals surface area contributed by atoms with Crippen LogP contribution in [-0.2, 0) is 35.1 Å². The summed E-state index contributed by atoms with van der Waals surface area (Å²) in [5.41, 5.74) is 0.772. The van der Waals surface area contributed by atoms with Crippen molar-refractivity contribution in [2.45, 2.75) is 6.61 Å². The van der Waals surface area contributed by atoms with Crippen LogP contribution in [0, 0.1) is 0 Å². The predicted molar refractivity (Wildman–Crippen MR) is 88.6 cm³/mol. The molecule has 0 saturated heterocycles. The molecular formula is C17H21F2NO7. The van der Waals surface area contributed by atoms with E-state index in [4.69, 9.17) is 14.2 Å². The van der Waals surface area contributed by atoms with Gasteiger partial charge < -0.3 is 29.0 Å². The monoisotopic (exact) mass is 389 g/mol. The molecule has 0 saturated carbocycles. The van der Waals surface area contributed by atoms with Gasteiger partial charge in [0.1, 0.15) is 13.2 Å². The standard InChI is InChI=1S/C17H21F2NO7/c1-23-7-8-24-12-27-14(16(18)19)11-25-15(21)9-20-17(22)26-10-13-5-3-2-4-6-13/h2-6H,7-12H2,1H3,(H,20,22). The molecule has 0 bridgehead atoms. The van der Waals surface area contributed by atoms with Crippen LogP contribution in [0.4, 0.5) is 13.6 Å². The van der Waals surface area contributed by atoms with Gasteiger partial charge in [0.2, 0.25) is 5.76 Å². The van der Waals surface area contributed by atoms with E-state index in [0.29, 0.717) is 0 Å². The van der Waals surface area contributed by atoms with Crippen molar-refractivity contribution in [3.8, 4) is 0 Å². The third kappa shape index (κ3) is 10.8. The summed E-state index contributed by atoms with van der Waals surface area (Å²) in [7, 11) is 1.46. The summed E-state index contributed by atoms with van der Waals surface area (Å²) in [4.78, 5) is 23.0. The van der Waals surface area contributed by atoms with Gasteiger partial charge in [-0.1, -0.05) is 30.3 Å². The zero-order valence-electron chi connectivity index (χ0n) is 14.7. The first-order chi connectivity index (χ1) is 13.0. The Hall–Kier alpha value is -2.72. The van der Waals surface area contributed by atoms with Gasteiger partial charge in [0, 0.05) is 7.11 Å². The highest BCUT2D eigenvalue weighted by atomic mass is 19.3. The number of hydrogen-bond acceptors (Lipinski definition) is 7. The van der Waals surface area contributed by atoms with Crippen molar-refractivity contribution in [2.24, 2.45) is 0 Å². The van der Waals surface area contributed by atoms with Crippen LogP contribution < -0.4 is 5.32 Å². The number of benzene rings is 1. The number of carbonyl (C=O) groups excluding carboxylic acids is 2. The molecule has 1 N–H and O–H groups in total. The smallest absolute Gasteiger partial charge is 0.407 e. The molecule has 1 aromatic carbocycles. The molecule has 0 radical (unpaired) electrons. The minimum Gasteiger partial charge on any atom is -0.463 e. The maximum absolute atomic E-state index is 12.7. The van der Waals surface area contributed by atoms with Crippen molar-refractivity contribution in [1.29, 1.82) is 0 Å².